The number of aliphatic hydroxyl groups is 2. The third-order valence-corrected chi connectivity index (χ3v) is 9.20. The fraction of sp³-hybridized carbons (Fsp3) is 0.0588. The summed E-state index contributed by atoms with van der Waals surface area (Å²) in [5.41, 5.74) is 12.7. The molecule has 55 heavy (non-hydrogen) atoms. The van der Waals surface area contributed by atoms with Crippen LogP contribution in [0.3, 0.4) is 0 Å². The number of nitrogens with one attached hydrogen (secondary N) is 3. The van der Waals surface area contributed by atoms with Gasteiger partial charge < -0.3 is 25.7 Å². The SMILES string of the molecule is C=C(/C=C(O)\C(=C/C)N=Nc1c(S(=O)(=O)O)cc2cc(Nc3ccc4c(O)c(N=NC(=C)/C(O)=C\C(=C/C)N=N)c(S(=O)(=O)O)cc4c3)ccc2c1O)N=N. The Labute approximate surface area is 312 Å². The Morgan fingerprint density at radius 1 is 0.709 bits per heavy atom. The first-order chi connectivity index (χ1) is 25.8. The maximum Gasteiger partial charge on any atom is 0.296 e. The number of aliphatic hydroxyl groups excluding tert-OH is 2. The molecule has 0 atom stereocenters. The van der Waals surface area contributed by atoms with Crippen molar-refractivity contribution in [2.45, 2.75) is 23.6 Å². The molecule has 4 rings (SSSR count). The lowest BCUT2D eigenvalue weighted by molar-refractivity contribution is 0.420. The maximum absolute atomic E-state index is 12.4. The van der Waals surface area contributed by atoms with Crippen LogP contribution in [0.5, 0.6) is 11.5 Å². The molecule has 0 saturated heterocycles. The van der Waals surface area contributed by atoms with Gasteiger partial charge in [-0.2, -0.15) is 27.1 Å². The van der Waals surface area contributed by atoms with E-state index in [9.17, 15) is 46.4 Å². The van der Waals surface area contributed by atoms with Gasteiger partial charge in [0.05, 0.1) is 11.4 Å². The van der Waals surface area contributed by atoms with E-state index in [2.05, 4.69) is 49.2 Å². The Morgan fingerprint density at radius 2 is 1.20 bits per heavy atom. The van der Waals surface area contributed by atoms with Gasteiger partial charge in [0.2, 0.25) is 0 Å². The smallest absolute Gasteiger partial charge is 0.296 e. The molecule has 9 N–H and O–H groups in total. The zero-order valence-corrected chi connectivity index (χ0v) is 30.3. The van der Waals surface area contributed by atoms with Crippen molar-refractivity contribution in [1.82, 2.24) is 0 Å². The molecule has 21 heteroatoms. The van der Waals surface area contributed by atoms with Crippen LogP contribution >= 0.6 is 0 Å². The Balaban J connectivity index is 1.75. The van der Waals surface area contributed by atoms with E-state index >= 15 is 0 Å². The van der Waals surface area contributed by atoms with E-state index in [1.165, 1.54) is 55.5 Å². The molecule has 0 radical (unpaired) electrons. The predicted octanol–water partition coefficient (Wildman–Crippen LogP) is 9.59. The van der Waals surface area contributed by atoms with Gasteiger partial charge in [0.25, 0.3) is 20.2 Å². The zero-order chi connectivity index (χ0) is 40.8. The number of phenols is 2. The third kappa shape index (κ3) is 9.36. The average Bonchev–Trinajstić information content (AvgIpc) is 3.12. The Morgan fingerprint density at radius 3 is 1.62 bits per heavy atom. The van der Waals surface area contributed by atoms with Crippen LogP contribution in [0.15, 0.2) is 161 Å². The maximum atomic E-state index is 12.4. The minimum absolute atomic E-state index is 0.0556. The largest absolute Gasteiger partial charge is 0.506 e. The molecule has 0 unspecified atom stereocenters. The van der Waals surface area contributed by atoms with Gasteiger partial charge in [-0.1, -0.05) is 25.3 Å². The van der Waals surface area contributed by atoms with Crippen LogP contribution in [0.25, 0.3) is 21.5 Å². The molecule has 0 aliphatic heterocycles. The average molecular weight is 790 g/mol. The van der Waals surface area contributed by atoms with Crippen molar-refractivity contribution in [3.8, 4) is 11.5 Å². The number of azo groups is 2. The number of fused-ring (bicyclic) bond motifs is 2. The summed E-state index contributed by atoms with van der Waals surface area (Å²) in [6.07, 6.45) is 4.75. The number of anilines is 2. The van der Waals surface area contributed by atoms with Gasteiger partial charge in [-0.3, -0.25) is 9.11 Å². The van der Waals surface area contributed by atoms with Gasteiger partial charge >= 0.3 is 0 Å². The second-order valence-electron chi connectivity index (χ2n) is 11.1. The van der Waals surface area contributed by atoms with Crippen molar-refractivity contribution in [2.24, 2.45) is 30.7 Å². The summed E-state index contributed by atoms with van der Waals surface area (Å²) in [4.78, 5) is -1.66. The van der Waals surface area contributed by atoms with E-state index in [1.807, 2.05) is 0 Å². The molecule has 0 heterocycles. The molecule has 19 nitrogen and oxygen atoms in total. The number of hydrogen-bond donors (Lipinski definition) is 9. The highest BCUT2D eigenvalue weighted by Crippen LogP contribution is 2.44. The first-order valence-corrected chi connectivity index (χ1v) is 18.1. The van der Waals surface area contributed by atoms with E-state index in [-0.39, 0.29) is 44.3 Å². The van der Waals surface area contributed by atoms with Crippen LogP contribution in [-0.2, 0) is 20.2 Å². The fourth-order valence-corrected chi connectivity index (χ4v) is 6.12. The number of nitrogens with zero attached hydrogens (tertiary/aromatic N) is 6. The molecule has 4 aromatic carbocycles. The summed E-state index contributed by atoms with van der Waals surface area (Å²) in [6, 6.07) is 10.6. The summed E-state index contributed by atoms with van der Waals surface area (Å²) in [7, 11) is -10.0. The van der Waals surface area contributed by atoms with Gasteiger partial charge in [0.15, 0.2) is 11.5 Å². The van der Waals surface area contributed by atoms with Crippen LogP contribution in [0.4, 0.5) is 22.7 Å². The number of allylic oxidation sites excluding steroid dienone is 4. The molecule has 0 aromatic heterocycles. The van der Waals surface area contributed by atoms with Crippen LogP contribution in [0, 0.1) is 11.1 Å². The van der Waals surface area contributed by atoms with E-state index < -0.39 is 64.4 Å². The van der Waals surface area contributed by atoms with E-state index in [1.54, 1.807) is 6.92 Å². The lowest BCUT2D eigenvalue weighted by Crippen LogP contribution is -2.00. The van der Waals surface area contributed by atoms with Gasteiger partial charge in [0.1, 0.15) is 44.1 Å². The first kappa shape index (κ1) is 40.8. The molecule has 0 fully saturated rings. The molecular weight excluding hydrogens is 759 g/mol. The molecule has 0 aliphatic carbocycles. The molecule has 0 bridgehead atoms. The standard InChI is InChI=1S/C34H31N9O10S2/c1-5-21(39-36)16-27(44)18(4)40-42-31-29(54(48,49)50)14-19-12-22(7-9-24(19)33(31)46)37-23-8-10-25-20(13-23)15-30(55(51,52)53)32(34(25)47)43-41-26(6-2)28(45)11-17(3)38-35/h5-16,35-37,44-47H,3-4H2,1-2H3,(H,48,49,50)(H,51,52,53)/b21-5+,26-6+,27-16+,28-11+,38-35?,39-36?,42-40?,43-41?. The number of benzene rings is 4. The Bertz CT molecular complexity index is 2720. The van der Waals surface area contributed by atoms with Crippen molar-refractivity contribution in [1.29, 1.82) is 11.1 Å². The van der Waals surface area contributed by atoms with Crippen molar-refractivity contribution in [3.63, 3.8) is 0 Å². The monoisotopic (exact) mass is 789 g/mol. The minimum Gasteiger partial charge on any atom is -0.506 e. The predicted molar refractivity (Wildman–Crippen MR) is 201 cm³/mol. The molecular formula is C34H31N9O10S2. The summed E-state index contributed by atoms with van der Waals surface area (Å²) >= 11 is 0. The molecule has 4 aromatic rings. The lowest BCUT2D eigenvalue weighted by atomic mass is 10.1. The Hall–Kier alpha value is -6.94. The minimum atomic E-state index is -5.01. The van der Waals surface area contributed by atoms with Gasteiger partial charge in [-0.05, 0) is 73.2 Å². The van der Waals surface area contributed by atoms with E-state index in [4.69, 9.17) is 11.1 Å². The highest BCUT2D eigenvalue weighted by atomic mass is 32.2. The number of phenolic OH excluding ortho intramolecular Hbond substituents is 2. The summed E-state index contributed by atoms with van der Waals surface area (Å²) in [6.45, 7) is 9.96. The molecule has 0 saturated carbocycles. The second kappa shape index (κ2) is 16.4. The molecule has 284 valence electrons. The van der Waals surface area contributed by atoms with Crippen LogP contribution in [-0.4, -0.2) is 46.4 Å². The molecule has 0 aliphatic rings. The van der Waals surface area contributed by atoms with Crippen molar-refractivity contribution >= 4 is 64.5 Å². The normalized spacial score (nSPS) is 13.5. The van der Waals surface area contributed by atoms with E-state index in [0.717, 1.165) is 24.3 Å². The zero-order valence-electron chi connectivity index (χ0n) is 28.7. The van der Waals surface area contributed by atoms with Gasteiger partial charge in [-0.25, -0.2) is 11.1 Å². The van der Waals surface area contributed by atoms with Crippen molar-refractivity contribution < 1.29 is 46.4 Å². The topological polar surface area (TPSA) is 324 Å². The van der Waals surface area contributed by atoms with Crippen molar-refractivity contribution in [2.75, 3.05) is 5.32 Å². The number of hydrogen-bond acceptors (Lipinski definition) is 17. The van der Waals surface area contributed by atoms with Crippen LogP contribution < -0.4 is 5.32 Å². The van der Waals surface area contributed by atoms with Crippen LogP contribution in [0.1, 0.15) is 13.8 Å². The van der Waals surface area contributed by atoms with Crippen molar-refractivity contribution in [3.05, 3.63) is 120 Å². The highest BCUT2D eigenvalue weighted by molar-refractivity contribution is 7.86. The Kier molecular flexibility index (Phi) is 12.2. The highest BCUT2D eigenvalue weighted by Gasteiger charge is 2.24. The quantitative estimate of drug-likeness (QED) is 0.0250. The van der Waals surface area contributed by atoms with Crippen LogP contribution in [0.2, 0.25) is 0 Å². The fourth-order valence-electron chi connectivity index (χ4n) is 4.80. The first-order valence-electron chi connectivity index (χ1n) is 15.2. The number of rotatable bonds is 14. The van der Waals surface area contributed by atoms with E-state index in [0.29, 0.717) is 11.4 Å². The summed E-state index contributed by atoms with van der Waals surface area (Å²) in [5, 5.41) is 67.0. The summed E-state index contributed by atoms with van der Waals surface area (Å²) in [5.74, 6) is -2.46. The number of aromatic hydroxyl groups is 2. The second-order valence-corrected chi connectivity index (χ2v) is 13.9. The van der Waals surface area contributed by atoms with Gasteiger partial charge in [0, 0.05) is 34.3 Å². The summed E-state index contributed by atoms with van der Waals surface area (Å²) < 4.78 is 69.4. The molecule has 0 spiro atoms. The molecule has 0 amide bonds. The third-order valence-electron chi connectivity index (χ3n) is 7.46. The van der Waals surface area contributed by atoms with Gasteiger partial charge in [-0.15, -0.1) is 20.5 Å². The lowest BCUT2D eigenvalue weighted by Gasteiger charge is -2.13.